The maximum absolute atomic E-state index is 10.9. The fourth-order valence-electron chi connectivity index (χ4n) is 1.19. The van der Waals surface area contributed by atoms with Crippen LogP contribution in [0.4, 0.5) is 0 Å². The van der Waals surface area contributed by atoms with E-state index in [2.05, 4.69) is 0 Å². The van der Waals surface area contributed by atoms with Crippen molar-refractivity contribution in [3.05, 3.63) is 28.5 Å². The van der Waals surface area contributed by atoms with Gasteiger partial charge in [0.2, 0.25) is 0 Å². The molecule has 68 valence electrons. The summed E-state index contributed by atoms with van der Waals surface area (Å²) in [6.07, 6.45) is 4.17. The van der Waals surface area contributed by atoms with Crippen LogP contribution in [0.3, 0.4) is 0 Å². The minimum absolute atomic E-state index is 0.470. The first-order valence-electron chi connectivity index (χ1n) is 4.26. The maximum atomic E-state index is 10.9. The lowest BCUT2D eigenvalue weighted by atomic mass is 10.2. The lowest BCUT2D eigenvalue weighted by Crippen LogP contribution is -1.98. The number of thiophene rings is 1. The number of allylic oxidation sites excluding steroid dienone is 1. The molecule has 1 heterocycles. The van der Waals surface area contributed by atoms with Crippen LogP contribution in [-0.2, 0) is 4.79 Å². The van der Waals surface area contributed by atoms with Gasteiger partial charge in [0.25, 0.3) is 0 Å². The second-order valence-corrected chi connectivity index (χ2v) is 4.15. The average molecular weight is 194 g/mol. The Bertz CT molecular complexity index is 334. The number of hydrogen-bond donors (Lipinski definition) is 1. The van der Waals surface area contributed by atoms with Crippen molar-refractivity contribution in [2.24, 2.45) is 5.92 Å². The van der Waals surface area contributed by atoms with Crippen LogP contribution in [-0.4, -0.2) is 11.1 Å². The van der Waals surface area contributed by atoms with Gasteiger partial charge in [-0.1, -0.05) is 12.1 Å². The largest absolute Gasteiger partial charge is 0.478 e. The Hall–Kier alpha value is -1.09. The summed E-state index contributed by atoms with van der Waals surface area (Å²) in [5, 5.41) is 10.9. The third kappa shape index (κ3) is 1.98. The van der Waals surface area contributed by atoms with E-state index in [1.54, 1.807) is 0 Å². The molecule has 2 nitrogen and oxygen atoms in total. The van der Waals surface area contributed by atoms with Gasteiger partial charge in [-0.2, -0.15) is 0 Å². The molecule has 0 radical (unpaired) electrons. The molecule has 1 aliphatic carbocycles. The third-order valence-electron chi connectivity index (χ3n) is 2.04. The first-order chi connectivity index (χ1) is 6.27. The molecule has 0 unspecified atom stereocenters. The van der Waals surface area contributed by atoms with Gasteiger partial charge in [-0.05, 0) is 30.2 Å². The van der Waals surface area contributed by atoms with Crippen molar-refractivity contribution in [1.29, 1.82) is 0 Å². The van der Waals surface area contributed by atoms with Gasteiger partial charge in [0.15, 0.2) is 0 Å². The van der Waals surface area contributed by atoms with Crippen LogP contribution < -0.4 is 0 Å². The molecule has 13 heavy (non-hydrogen) atoms. The summed E-state index contributed by atoms with van der Waals surface area (Å²) in [6, 6.07) is 3.73. The molecule has 0 saturated heterocycles. The Morgan fingerprint density at radius 3 is 2.85 bits per heavy atom. The zero-order chi connectivity index (χ0) is 9.26. The van der Waals surface area contributed by atoms with Crippen molar-refractivity contribution >= 4 is 22.9 Å². The van der Waals surface area contributed by atoms with Crippen molar-refractivity contribution in [3.8, 4) is 0 Å². The van der Waals surface area contributed by atoms with Gasteiger partial charge in [-0.15, -0.1) is 11.3 Å². The highest BCUT2D eigenvalue weighted by atomic mass is 32.1. The lowest BCUT2D eigenvalue weighted by molar-refractivity contribution is -0.130. The summed E-state index contributed by atoms with van der Waals surface area (Å²) < 4.78 is 0. The fourth-order valence-corrected chi connectivity index (χ4v) is 1.93. The Morgan fingerprint density at radius 2 is 2.38 bits per heavy atom. The zero-order valence-corrected chi connectivity index (χ0v) is 7.88. The molecule has 1 saturated carbocycles. The number of carbonyl (C=O) groups is 1. The fraction of sp³-hybridized carbons (Fsp3) is 0.300. The first-order valence-corrected chi connectivity index (χ1v) is 5.14. The molecule has 0 aromatic carbocycles. The van der Waals surface area contributed by atoms with E-state index in [9.17, 15) is 4.79 Å². The average Bonchev–Trinajstić information content (AvgIpc) is 2.75. The van der Waals surface area contributed by atoms with E-state index >= 15 is 0 Å². The van der Waals surface area contributed by atoms with Crippen LogP contribution in [0.2, 0.25) is 0 Å². The minimum atomic E-state index is -0.811. The van der Waals surface area contributed by atoms with E-state index in [4.69, 9.17) is 5.11 Å². The number of hydrogen-bond acceptors (Lipinski definition) is 2. The Balaban J connectivity index is 2.28. The van der Waals surface area contributed by atoms with E-state index in [0.29, 0.717) is 11.5 Å². The molecule has 0 atom stereocenters. The van der Waals surface area contributed by atoms with Crippen LogP contribution >= 0.6 is 11.3 Å². The molecule has 3 heteroatoms. The van der Waals surface area contributed by atoms with Crippen LogP contribution in [0, 0.1) is 5.92 Å². The summed E-state index contributed by atoms with van der Waals surface area (Å²) in [5.41, 5.74) is 0.470. The molecule has 0 spiro atoms. The molecule has 0 aliphatic heterocycles. The van der Waals surface area contributed by atoms with E-state index in [1.165, 1.54) is 11.3 Å². The second kappa shape index (κ2) is 3.34. The van der Waals surface area contributed by atoms with Gasteiger partial charge in [0.05, 0.1) is 5.57 Å². The van der Waals surface area contributed by atoms with Crippen molar-refractivity contribution in [1.82, 2.24) is 0 Å². The molecule has 1 aromatic heterocycles. The topological polar surface area (TPSA) is 37.3 Å². The number of aliphatic carboxylic acids is 1. The number of carboxylic acid groups (broad SMARTS) is 1. The SMILES string of the molecule is O=C(O)/C(=C/C1CC1)c1cccs1. The molecule has 1 aliphatic rings. The zero-order valence-electron chi connectivity index (χ0n) is 7.06. The van der Waals surface area contributed by atoms with Crippen LogP contribution in [0.25, 0.3) is 5.57 Å². The molecule has 1 fully saturated rings. The number of carboxylic acids is 1. The normalized spacial score (nSPS) is 17.4. The van der Waals surface area contributed by atoms with Crippen LogP contribution in [0.1, 0.15) is 17.7 Å². The van der Waals surface area contributed by atoms with Gasteiger partial charge in [-0.3, -0.25) is 0 Å². The van der Waals surface area contributed by atoms with Gasteiger partial charge in [-0.25, -0.2) is 4.79 Å². The van der Waals surface area contributed by atoms with E-state index in [0.717, 1.165) is 17.7 Å². The van der Waals surface area contributed by atoms with Crippen molar-refractivity contribution in [2.75, 3.05) is 0 Å². The highest BCUT2D eigenvalue weighted by Gasteiger charge is 2.22. The van der Waals surface area contributed by atoms with Gasteiger partial charge >= 0.3 is 5.97 Å². The molecular formula is C10H10O2S. The molecule has 0 bridgehead atoms. The summed E-state index contributed by atoms with van der Waals surface area (Å²) in [7, 11) is 0. The molecule has 1 aromatic rings. The lowest BCUT2D eigenvalue weighted by Gasteiger charge is -1.96. The van der Waals surface area contributed by atoms with E-state index in [1.807, 2.05) is 23.6 Å². The van der Waals surface area contributed by atoms with Crippen LogP contribution in [0.5, 0.6) is 0 Å². The Kier molecular flexibility index (Phi) is 2.19. The first kappa shape index (κ1) is 8.51. The Labute approximate surface area is 80.5 Å². The Morgan fingerprint density at radius 1 is 1.62 bits per heavy atom. The minimum Gasteiger partial charge on any atom is -0.478 e. The van der Waals surface area contributed by atoms with Gasteiger partial charge in [0, 0.05) is 4.88 Å². The monoisotopic (exact) mass is 194 g/mol. The molecule has 0 amide bonds. The number of rotatable bonds is 3. The van der Waals surface area contributed by atoms with Gasteiger partial charge in [0.1, 0.15) is 0 Å². The third-order valence-corrected chi connectivity index (χ3v) is 2.94. The molecule has 2 rings (SSSR count). The highest BCUT2D eigenvalue weighted by Crippen LogP contribution is 2.34. The molecular weight excluding hydrogens is 184 g/mol. The summed E-state index contributed by atoms with van der Waals surface area (Å²) in [5.74, 6) is -0.303. The smallest absolute Gasteiger partial charge is 0.336 e. The van der Waals surface area contributed by atoms with E-state index in [-0.39, 0.29) is 0 Å². The molecule has 1 N–H and O–H groups in total. The van der Waals surface area contributed by atoms with Crippen molar-refractivity contribution in [2.45, 2.75) is 12.8 Å². The quantitative estimate of drug-likeness (QED) is 0.751. The highest BCUT2D eigenvalue weighted by molar-refractivity contribution is 7.11. The van der Waals surface area contributed by atoms with E-state index < -0.39 is 5.97 Å². The standard InChI is InChI=1S/C10H10O2S/c11-10(12)8(6-7-3-4-7)9-2-1-5-13-9/h1-2,5-7H,3-4H2,(H,11,12)/b8-6+. The summed E-state index contributed by atoms with van der Waals surface area (Å²) in [6.45, 7) is 0. The summed E-state index contributed by atoms with van der Waals surface area (Å²) >= 11 is 1.48. The predicted molar refractivity (Wildman–Crippen MR) is 52.7 cm³/mol. The maximum Gasteiger partial charge on any atom is 0.336 e. The second-order valence-electron chi connectivity index (χ2n) is 3.20. The van der Waals surface area contributed by atoms with Crippen molar-refractivity contribution < 1.29 is 9.90 Å². The summed E-state index contributed by atoms with van der Waals surface area (Å²) in [4.78, 5) is 11.8. The predicted octanol–water partition coefficient (Wildman–Crippen LogP) is 2.63. The van der Waals surface area contributed by atoms with Crippen molar-refractivity contribution in [3.63, 3.8) is 0 Å². The van der Waals surface area contributed by atoms with Gasteiger partial charge < -0.3 is 5.11 Å². The van der Waals surface area contributed by atoms with Crippen LogP contribution in [0.15, 0.2) is 23.6 Å².